The summed E-state index contributed by atoms with van der Waals surface area (Å²) in [6, 6.07) is 15.5. The van der Waals surface area contributed by atoms with E-state index in [-0.39, 0.29) is 18.2 Å². The molecule has 4 rings (SSSR count). The summed E-state index contributed by atoms with van der Waals surface area (Å²) < 4.78 is 16.4. The van der Waals surface area contributed by atoms with Gasteiger partial charge in [0.2, 0.25) is 5.91 Å². The Morgan fingerprint density at radius 2 is 1.84 bits per heavy atom. The predicted molar refractivity (Wildman–Crippen MR) is 119 cm³/mol. The molecule has 2 aliphatic rings. The second-order valence-electron chi connectivity index (χ2n) is 7.14. The number of anilines is 1. The zero-order chi connectivity index (χ0) is 22.0. The van der Waals surface area contributed by atoms with Gasteiger partial charge in [-0.2, -0.15) is 5.26 Å². The summed E-state index contributed by atoms with van der Waals surface area (Å²) in [5, 5.41) is 10.7. The molecule has 2 aromatic rings. The van der Waals surface area contributed by atoms with E-state index in [0.29, 0.717) is 34.6 Å². The Morgan fingerprint density at radius 1 is 1.06 bits per heavy atom. The van der Waals surface area contributed by atoms with E-state index in [0.717, 1.165) is 17.0 Å². The van der Waals surface area contributed by atoms with Crippen LogP contribution in [-0.2, 0) is 4.79 Å². The van der Waals surface area contributed by atoms with Gasteiger partial charge in [0.15, 0.2) is 0 Å². The summed E-state index contributed by atoms with van der Waals surface area (Å²) >= 11 is 1.49. The largest absolute Gasteiger partial charge is 0.497 e. The van der Waals surface area contributed by atoms with Crippen molar-refractivity contribution >= 4 is 23.4 Å². The lowest BCUT2D eigenvalue weighted by Gasteiger charge is -2.42. The third-order valence-electron chi connectivity index (χ3n) is 5.53. The number of methoxy groups -OCH3 is 3. The van der Waals surface area contributed by atoms with Crippen molar-refractivity contribution in [2.75, 3.05) is 38.8 Å². The SMILES string of the molecule is COc1ccc(OC)c([C@@H]2CC(=O)N3CN(c4ccccc4OC)CSC3=C2C#N)c1. The maximum absolute atomic E-state index is 13.2. The minimum Gasteiger partial charge on any atom is -0.497 e. The van der Waals surface area contributed by atoms with E-state index in [1.165, 1.54) is 11.8 Å². The Morgan fingerprint density at radius 3 is 2.55 bits per heavy atom. The number of para-hydroxylation sites is 2. The van der Waals surface area contributed by atoms with E-state index in [9.17, 15) is 10.1 Å². The average Bonchev–Trinajstić information content (AvgIpc) is 2.83. The molecule has 0 saturated carbocycles. The quantitative estimate of drug-likeness (QED) is 0.701. The third kappa shape index (κ3) is 3.77. The molecule has 2 aromatic carbocycles. The Hall–Kier alpha value is -3.31. The van der Waals surface area contributed by atoms with Crippen LogP contribution in [0.4, 0.5) is 5.69 Å². The summed E-state index contributed by atoms with van der Waals surface area (Å²) in [6.07, 6.45) is 0.191. The predicted octanol–water partition coefficient (Wildman–Crippen LogP) is 3.93. The minimum absolute atomic E-state index is 0.0315. The van der Waals surface area contributed by atoms with Crippen molar-refractivity contribution < 1.29 is 19.0 Å². The highest BCUT2D eigenvalue weighted by Crippen LogP contribution is 2.46. The fourth-order valence-corrected chi connectivity index (χ4v) is 5.14. The molecular weight excluding hydrogens is 414 g/mol. The molecule has 2 heterocycles. The normalized spacial score (nSPS) is 18.4. The van der Waals surface area contributed by atoms with E-state index < -0.39 is 0 Å². The van der Waals surface area contributed by atoms with Crippen LogP contribution in [0.3, 0.4) is 0 Å². The summed E-state index contributed by atoms with van der Waals surface area (Å²) in [4.78, 5) is 17.0. The number of carbonyl (C=O) groups is 1. The third-order valence-corrected chi connectivity index (χ3v) is 6.69. The maximum Gasteiger partial charge on any atom is 0.229 e. The van der Waals surface area contributed by atoms with Gasteiger partial charge in [-0.1, -0.05) is 23.9 Å². The van der Waals surface area contributed by atoms with Crippen molar-refractivity contribution in [1.82, 2.24) is 4.90 Å². The first-order valence-electron chi connectivity index (χ1n) is 9.78. The fraction of sp³-hybridized carbons (Fsp3) is 0.304. The average molecular weight is 438 g/mol. The number of hydrogen-bond donors (Lipinski definition) is 0. The lowest BCUT2D eigenvalue weighted by molar-refractivity contribution is -0.129. The summed E-state index contributed by atoms with van der Waals surface area (Å²) in [5.74, 6) is 2.24. The first kappa shape index (κ1) is 20.9. The molecule has 1 saturated heterocycles. The minimum atomic E-state index is -0.376. The Kier molecular flexibility index (Phi) is 5.96. The van der Waals surface area contributed by atoms with Crippen molar-refractivity contribution in [1.29, 1.82) is 5.26 Å². The van der Waals surface area contributed by atoms with Gasteiger partial charge in [0.1, 0.15) is 17.2 Å². The molecule has 160 valence electrons. The number of fused-ring (bicyclic) bond motifs is 1. The van der Waals surface area contributed by atoms with Gasteiger partial charge >= 0.3 is 0 Å². The summed E-state index contributed by atoms with van der Waals surface area (Å²) in [5.41, 5.74) is 2.28. The van der Waals surface area contributed by atoms with Gasteiger partial charge < -0.3 is 19.1 Å². The second kappa shape index (κ2) is 8.82. The molecule has 0 aliphatic carbocycles. The van der Waals surface area contributed by atoms with Crippen molar-refractivity contribution in [2.45, 2.75) is 12.3 Å². The topological polar surface area (TPSA) is 75.0 Å². The standard InChI is InChI=1S/C23H23N3O4S/c1-28-15-8-9-20(29-2)17(10-15)16-11-22(27)26-13-25(14-31-23(26)18(16)12-24)19-6-4-5-7-21(19)30-3/h4-10,16H,11,13-14H2,1-3H3/t16-/m0/s1. The van der Waals surface area contributed by atoms with Crippen LogP contribution in [0.2, 0.25) is 0 Å². The molecule has 0 unspecified atom stereocenters. The van der Waals surface area contributed by atoms with Crippen LogP contribution in [0.25, 0.3) is 0 Å². The molecule has 8 heteroatoms. The van der Waals surface area contributed by atoms with Crippen molar-refractivity contribution in [3.8, 4) is 23.3 Å². The van der Waals surface area contributed by atoms with Crippen LogP contribution < -0.4 is 19.1 Å². The molecule has 2 aliphatic heterocycles. The molecule has 31 heavy (non-hydrogen) atoms. The molecule has 0 N–H and O–H groups in total. The van der Waals surface area contributed by atoms with Crippen LogP contribution in [0.5, 0.6) is 17.2 Å². The van der Waals surface area contributed by atoms with Gasteiger partial charge in [0, 0.05) is 17.9 Å². The van der Waals surface area contributed by atoms with E-state index in [1.807, 2.05) is 36.4 Å². The first-order chi connectivity index (χ1) is 15.1. The molecule has 0 spiro atoms. The zero-order valence-electron chi connectivity index (χ0n) is 17.6. The van der Waals surface area contributed by atoms with Gasteiger partial charge in [-0.05, 0) is 30.3 Å². The molecule has 0 radical (unpaired) electrons. The highest BCUT2D eigenvalue weighted by Gasteiger charge is 2.39. The van der Waals surface area contributed by atoms with E-state index >= 15 is 0 Å². The summed E-state index contributed by atoms with van der Waals surface area (Å²) in [7, 11) is 4.81. The number of allylic oxidation sites excluding steroid dienone is 1. The van der Waals surface area contributed by atoms with Gasteiger partial charge in [0.05, 0.1) is 56.2 Å². The second-order valence-corrected chi connectivity index (χ2v) is 8.08. The maximum atomic E-state index is 13.2. The zero-order valence-corrected chi connectivity index (χ0v) is 18.4. The molecule has 1 amide bonds. The Bertz CT molecular complexity index is 1080. The molecule has 1 fully saturated rings. The van der Waals surface area contributed by atoms with Crippen molar-refractivity contribution in [3.05, 3.63) is 58.6 Å². The molecule has 1 atom stereocenters. The molecule has 0 bridgehead atoms. The summed E-state index contributed by atoms with van der Waals surface area (Å²) in [6.45, 7) is 0.370. The van der Waals surface area contributed by atoms with Gasteiger partial charge in [-0.25, -0.2) is 0 Å². The lowest BCUT2D eigenvalue weighted by Crippen LogP contribution is -2.47. The number of ether oxygens (including phenoxy) is 3. The number of nitrogens with zero attached hydrogens (tertiary/aromatic N) is 3. The van der Waals surface area contributed by atoms with E-state index in [2.05, 4.69) is 11.0 Å². The Balaban J connectivity index is 1.71. The van der Waals surface area contributed by atoms with Gasteiger partial charge in [-0.3, -0.25) is 9.69 Å². The first-order valence-corrected chi connectivity index (χ1v) is 10.8. The van der Waals surface area contributed by atoms with E-state index in [4.69, 9.17) is 14.2 Å². The fourth-order valence-electron chi connectivity index (χ4n) is 3.98. The monoisotopic (exact) mass is 437 g/mol. The highest BCUT2D eigenvalue weighted by atomic mass is 32.2. The number of nitriles is 1. The smallest absolute Gasteiger partial charge is 0.229 e. The van der Waals surface area contributed by atoms with Gasteiger partial charge in [0.25, 0.3) is 0 Å². The highest BCUT2D eigenvalue weighted by molar-refractivity contribution is 8.03. The number of rotatable bonds is 5. The van der Waals surface area contributed by atoms with E-state index in [1.54, 1.807) is 32.3 Å². The van der Waals surface area contributed by atoms with Gasteiger partial charge in [-0.15, -0.1) is 0 Å². The van der Waals surface area contributed by atoms with Crippen LogP contribution in [0, 0.1) is 11.3 Å². The Labute approximate surface area is 185 Å². The van der Waals surface area contributed by atoms with Crippen LogP contribution in [0.1, 0.15) is 17.9 Å². The molecule has 7 nitrogen and oxygen atoms in total. The van der Waals surface area contributed by atoms with Crippen LogP contribution in [-0.4, -0.2) is 44.7 Å². The molecule has 0 aromatic heterocycles. The number of hydrogen-bond acceptors (Lipinski definition) is 7. The number of benzene rings is 2. The number of thioether (sulfide) groups is 1. The number of amides is 1. The van der Waals surface area contributed by atoms with Crippen molar-refractivity contribution in [3.63, 3.8) is 0 Å². The van der Waals surface area contributed by atoms with Crippen LogP contribution >= 0.6 is 11.8 Å². The van der Waals surface area contributed by atoms with Crippen molar-refractivity contribution in [2.24, 2.45) is 0 Å². The lowest BCUT2D eigenvalue weighted by atomic mass is 9.86. The molecular formula is C23H23N3O4S. The van der Waals surface area contributed by atoms with Crippen LogP contribution in [0.15, 0.2) is 53.1 Å². The number of carbonyl (C=O) groups excluding carboxylic acids is 1.